The molecule has 4 rings (SSSR count). The van der Waals surface area contributed by atoms with Gasteiger partial charge in [-0.15, -0.1) is 0 Å². The van der Waals surface area contributed by atoms with Crippen molar-refractivity contribution in [1.29, 1.82) is 0 Å². The number of hydrogen-bond donors (Lipinski definition) is 1. The maximum Gasteiger partial charge on any atom is 0.119 e. The lowest BCUT2D eigenvalue weighted by Crippen LogP contribution is -2.05. The Morgan fingerprint density at radius 1 is 0.696 bits per heavy atom. The van der Waals surface area contributed by atoms with Crippen molar-refractivity contribution in [2.45, 2.75) is 6.10 Å². The molecule has 2 nitrogen and oxygen atoms in total. The second-order valence-electron chi connectivity index (χ2n) is 5.65. The highest BCUT2D eigenvalue weighted by Gasteiger charge is 2.14. The molecular formula is C21H17NO. The average Bonchev–Trinajstić information content (AvgIpc) is 3.07. The predicted octanol–water partition coefficient (Wildman–Crippen LogP) is 4.69. The Kier molecular flexibility index (Phi) is 3.45. The quantitative estimate of drug-likeness (QED) is 0.583. The second-order valence-corrected chi connectivity index (χ2v) is 5.65. The van der Waals surface area contributed by atoms with Crippen molar-refractivity contribution in [3.05, 3.63) is 102 Å². The molecule has 0 bridgehead atoms. The number of rotatable bonds is 3. The summed E-state index contributed by atoms with van der Waals surface area (Å²) in [7, 11) is 0. The third kappa shape index (κ3) is 2.54. The summed E-state index contributed by atoms with van der Waals surface area (Å²) in [5.41, 5.74) is 5.18. The highest BCUT2D eigenvalue weighted by molar-refractivity contribution is 5.70. The van der Waals surface area contributed by atoms with Crippen molar-refractivity contribution in [2.75, 3.05) is 0 Å². The smallest absolute Gasteiger partial charge is 0.119 e. The van der Waals surface area contributed by atoms with Crippen LogP contribution < -0.4 is 0 Å². The first-order valence-corrected chi connectivity index (χ1v) is 7.72. The van der Waals surface area contributed by atoms with Gasteiger partial charge in [0.15, 0.2) is 0 Å². The average molecular weight is 299 g/mol. The van der Waals surface area contributed by atoms with Gasteiger partial charge in [-0.1, -0.05) is 66.7 Å². The number of aliphatic hydroxyl groups is 1. The van der Waals surface area contributed by atoms with Gasteiger partial charge in [-0.3, -0.25) is 0 Å². The molecule has 1 atom stereocenters. The molecule has 1 N–H and O–H groups in total. The molecule has 112 valence electrons. The van der Waals surface area contributed by atoms with E-state index >= 15 is 0 Å². The van der Waals surface area contributed by atoms with Crippen molar-refractivity contribution in [3.63, 3.8) is 0 Å². The van der Waals surface area contributed by atoms with Crippen LogP contribution in [0.5, 0.6) is 0 Å². The minimum Gasteiger partial charge on any atom is -0.382 e. The van der Waals surface area contributed by atoms with Gasteiger partial charge in [-0.25, -0.2) is 0 Å². The van der Waals surface area contributed by atoms with Gasteiger partial charge in [0.05, 0.1) is 5.69 Å². The molecule has 2 aromatic carbocycles. The number of nitrogens with zero attached hydrogens (tertiary/aromatic N) is 1. The summed E-state index contributed by atoms with van der Waals surface area (Å²) in [5, 5.41) is 10.7. The van der Waals surface area contributed by atoms with E-state index in [0.29, 0.717) is 0 Å². The van der Waals surface area contributed by atoms with Crippen LogP contribution in [-0.4, -0.2) is 9.51 Å². The fourth-order valence-corrected chi connectivity index (χ4v) is 2.97. The Labute approximate surface area is 135 Å². The first-order chi connectivity index (χ1) is 11.3. The number of aliphatic hydroxyl groups excluding tert-OH is 1. The maximum atomic E-state index is 10.7. The molecule has 0 aliphatic rings. The number of pyridine rings is 1. The van der Waals surface area contributed by atoms with Crippen molar-refractivity contribution in [3.8, 4) is 11.1 Å². The molecule has 1 unspecified atom stereocenters. The standard InChI is InChI=1S/C21H17NO/c23-21(17-10-5-2-6-11-17)20-13-7-12-19-14-18(15-22(19)20)16-8-3-1-4-9-16/h1-15,21,23H. The third-order valence-corrected chi connectivity index (χ3v) is 4.16. The van der Waals surface area contributed by atoms with E-state index in [1.165, 1.54) is 5.56 Å². The van der Waals surface area contributed by atoms with E-state index in [-0.39, 0.29) is 0 Å². The Balaban J connectivity index is 1.84. The van der Waals surface area contributed by atoms with Crippen LogP contribution in [0, 0.1) is 0 Å². The van der Waals surface area contributed by atoms with Crippen LogP contribution in [-0.2, 0) is 0 Å². The zero-order valence-corrected chi connectivity index (χ0v) is 12.6. The molecule has 4 aromatic rings. The van der Waals surface area contributed by atoms with Crippen LogP contribution in [0.1, 0.15) is 17.4 Å². The van der Waals surface area contributed by atoms with Gasteiger partial charge >= 0.3 is 0 Å². The van der Waals surface area contributed by atoms with Gasteiger partial charge in [0.1, 0.15) is 6.10 Å². The topological polar surface area (TPSA) is 24.6 Å². The van der Waals surface area contributed by atoms with Crippen LogP contribution in [0.3, 0.4) is 0 Å². The van der Waals surface area contributed by atoms with Crippen LogP contribution in [0.2, 0.25) is 0 Å². The normalized spacial score (nSPS) is 12.4. The minimum absolute atomic E-state index is 0.643. The van der Waals surface area contributed by atoms with E-state index in [4.69, 9.17) is 0 Å². The Morgan fingerprint density at radius 3 is 2.13 bits per heavy atom. The van der Waals surface area contributed by atoms with Gasteiger partial charge in [0.2, 0.25) is 0 Å². The molecule has 0 saturated carbocycles. The summed E-state index contributed by atoms with van der Waals surface area (Å²) in [5.74, 6) is 0. The van der Waals surface area contributed by atoms with Gasteiger partial charge in [0.25, 0.3) is 0 Å². The van der Waals surface area contributed by atoms with Gasteiger partial charge in [0, 0.05) is 17.3 Å². The lowest BCUT2D eigenvalue weighted by atomic mass is 10.1. The highest BCUT2D eigenvalue weighted by Crippen LogP contribution is 2.27. The van der Waals surface area contributed by atoms with Crippen molar-refractivity contribution in [1.82, 2.24) is 4.40 Å². The Bertz CT molecular complexity index is 926. The molecule has 0 radical (unpaired) electrons. The molecule has 0 aliphatic carbocycles. The largest absolute Gasteiger partial charge is 0.382 e. The number of benzene rings is 2. The van der Waals surface area contributed by atoms with Crippen molar-refractivity contribution in [2.24, 2.45) is 0 Å². The SMILES string of the molecule is OC(c1ccccc1)c1cccc2cc(-c3ccccc3)cn12. The summed E-state index contributed by atoms with van der Waals surface area (Å²) in [6.07, 6.45) is 1.45. The lowest BCUT2D eigenvalue weighted by Gasteiger charge is -2.13. The monoisotopic (exact) mass is 299 g/mol. The maximum absolute atomic E-state index is 10.7. The van der Waals surface area contributed by atoms with Crippen LogP contribution in [0.4, 0.5) is 0 Å². The molecule has 2 aromatic heterocycles. The fraction of sp³-hybridized carbons (Fsp3) is 0.0476. The van der Waals surface area contributed by atoms with Crippen LogP contribution >= 0.6 is 0 Å². The molecule has 0 saturated heterocycles. The molecule has 23 heavy (non-hydrogen) atoms. The number of hydrogen-bond acceptors (Lipinski definition) is 1. The van der Waals surface area contributed by atoms with E-state index in [0.717, 1.165) is 22.3 Å². The van der Waals surface area contributed by atoms with Crippen LogP contribution in [0.15, 0.2) is 91.1 Å². The van der Waals surface area contributed by atoms with Gasteiger partial charge in [-0.05, 0) is 29.3 Å². The van der Waals surface area contributed by atoms with E-state index in [1.807, 2.05) is 60.7 Å². The zero-order chi connectivity index (χ0) is 15.6. The summed E-state index contributed by atoms with van der Waals surface area (Å²) >= 11 is 0. The molecule has 0 spiro atoms. The van der Waals surface area contributed by atoms with Crippen molar-refractivity contribution >= 4 is 5.52 Å². The first-order valence-electron chi connectivity index (χ1n) is 7.72. The predicted molar refractivity (Wildman–Crippen MR) is 93.3 cm³/mol. The van der Waals surface area contributed by atoms with E-state index in [9.17, 15) is 5.11 Å². The van der Waals surface area contributed by atoms with E-state index in [2.05, 4.69) is 34.9 Å². The molecule has 2 heterocycles. The highest BCUT2D eigenvalue weighted by atomic mass is 16.3. The molecule has 0 aliphatic heterocycles. The summed E-state index contributed by atoms with van der Waals surface area (Å²) in [6.45, 7) is 0. The number of aromatic nitrogens is 1. The summed E-state index contributed by atoms with van der Waals surface area (Å²) in [4.78, 5) is 0. The fourth-order valence-electron chi connectivity index (χ4n) is 2.97. The Morgan fingerprint density at radius 2 is 1.39 bits per heavy atom. The van der Waals surface area contributed by atoms with E-state index < -0.39 is 6.10 Å². The molecular weight excluding hydrogens is 282 g/mol. The van der Waals surface area contributed by atoms with Gasteiger partial charge in [-0.2, -0.15) is 0 Å². The van der Waals surface area contributed by atoms with Gasteiger partial charge < -0.3 is 9.51 Å². The minimum atomic E-state index is -0.643. The second kappa shape index (κ2) is 5.75. The third-order valence-electron chi connectivity index (χ3n) is 4.16. The lowest BCUT2D eigenvalue weighted by molar-refractivity contribution is 0.214. The molecule has 0 fully saturated rings. The summed E-state index contributed by atoms with van der Waals surface area (Å²) < 4.78 is 2.07. The molecule has 2 heteroatoms. The van der Waals surface area contributed by atoms with Crippen LogP contribution in [0.25, 0.3) is 16.6 Å². The van der Waals surface area contributed by atoms with Crippen molar-refractivity contribution < 1.29 is 5.11 Å². The zero-order valence-electron chi connectivity index (χ0n) is 12.6. The Hall–Kier alpha value is -2.84. The first kappa shape index (κ1) is 13.8. The number of fused-ring (bicyclic) bond motifs is 1. The molecule has 0 amide bonds. The summed E-state index contributed by atoms with van der Waals surface area (Å²) in [6, 6.07) is 28.2. The van der Waals surface area contributed by atoms with E-state index in [1.54, 1.807) is 0 Å².